The van der Waals surface area contributed by atoms with Crippen LogP contribution in [0.25, 0.3) is 6.08 Å². The van der Waals surface area contributed by atoms with Crippen LogP contribution in [0.4, 0.5) is 11.4 Å². The first-order chi connectivity index (χ1) is 16.1. The molecule has 168 valence electrons. The molecule has 1 saturated heterocycles. The molecule has 3 aromatic rings. The highest BCUT2D eigenvalue weighted by molar-refractivity contribution is 6.02. The Morgan fingerprint density at radius 1 is 0.879 bits per heavy atom. The minimum absolute atomic E-state index is 0.160. The minimum atomic E-state index is -0.160. The van der Waals surface area contributed by atoms with Crippen LogP contribution < -0.4 is 10.2 Å². The lowest BCUT2D eigenvalue weighted by atomic mass is 10.1. The van der Waals surface area contributed by atoms with Crippen LogP contribution in [0.2, 0.25) is 0 Å². The first-order valence-electron chi connectivity index (χ1n) is 11.3. The molecule has 0 radical (unpaired) electrons. The van der Waals surface area contributed by atoms with Crippen molar-refractivity contribution in [2.45, 2.75) is 13.3 Å². The first kappa shape index (κ1) is 22.3. The Labute approximate surface area is 195 Å². The zero-order valence-corrected chi connectivity index (χ0v) is 18.9. The lowest BCUT2D eigenvalue weighted by Crippen LogP contribution is -2.49. The number of nitrogens with one attached hydrogen (secondary N) is 1. The van der Waals surface area contributed by atoms with E-state index in [2.05, 4.69) is 16.3 Å². The van der Waals surface area contributed by atoms with Crippen molar-refractivity contribution in [1.82, 2.24) is 4.90 Å². The van der Waals surface area contributed by atoms with Gasteiger partial charge in [-0.1, -0.05) is 60.2 Å². The number of amides is 2. The number of nitrogens with zero attached hydrogens (tertiary/aromatic N) is 2. The summed E-state index contributed by atoms with van der Waals surface area (Å²) in [4.78, 5) is 29.1. The molecule has 1 heterocycles. The standard InChI is InChI=1S/C28H29N3O2/c1-22-6-5-9-24(20-22)21-28(33)31-18-16-30(17-19-31)26-13-11-25(12-14-26)29-27(32)15-10-23-7-3-2-4-8-23/h2-15,20H,16-19,21H2,1H3,(H,29,32). The quantitative estimate of drug-likeness (QED) is 0.574. The van der Waals surface area contributed by atoms with E-state index in [9.17, 15) is 9.59 Å². The lowest BCUT2D eigenvalue weighted by Gasteiger charge is -2.36. The van der Waals surface area contributed by atoms with Crippen LogP contribution in [0.15, 0.2) is 84.9 Å². The SMILES string of the molecule is Cc1cccc(CC(=O)N2CCN(c3ccc(NC(=O)C=Cc4ccccc4)cc3)CC2)c1. The molecule has 5 heteroatoms. The van der Waals surface area contributed by atoms with Crippen LogP contribution in [0.1, 0.15) is 16.7 Å². The molecular weight excluding hydrogens is 410 g/mol. The van der Waals surface area contributed by atoms with Crippen LogP contribution in [0.3, 0.4) is 0 Å². The number of benzene rings is 3. The molecule has 0 atom stereocenters. The summed E-state index contributed by atoms with van der Waals surface area (Å²) in [6.07, 6.45) is 3.79. The second-order valence-corrected chi connectivity index (χ2v) is 8.31. The van der Waals surface area contributed by atoms with Gasteiger partial charge >= 0.3 is 0 Å². The molecule has 0 aliphatic carbocycles. The van der Waals surface area contributed by atoms with Gasteiger partial charge in [0.05, 0.1) is 6.42 Å². The third-order valence-electron chi connectivity index (χ3n) is 5.80. The third kappa shape index (κ3) is 6.32. The fourth-order valence-corrected chi connectivity index (χ4v) is 4.00. The highest BCUT2D eigenvalue weighted by Crippen LogP contribution is 2.20. The van der Waals surface area contributed by atoms with Gasteiger partial charge in [-0.25, -0.2) is 0 Å². The van der Waals surface area contributed by atoms with E-state index in [0.717, 1.165) is 35.6 Å². The Balaban J connectivity index is 1.26. The fraction of sp³-hybridized carbons (Fsp3) is 0.214. The predicted molar refractivity (Wildman–Crippen MR) is 134 cm³/mol. The van der Waals surface area contributed by atoms with Gasteiger partial charge in [-0.3, -0.25) is 9.59 Å². The van der Waals surface area contributed by atoms with Crippen molar-refractivity contribution in [3.63, 3.8) is 0 Å². The molecule has 0 bridgehead atoms. The number of carbonyl (C=O) groups is 2. The summed E-state index contributed by atoms with van der Waals surface area (Å²) >= 11 is 0. The minimum Gasteiger partial charge on any atom is -0.368 e. The van der Waals surface area contributed by atoms with Crippen LogP contribution in [0.5, 0.6) is 0 Å². The summed E-state index contributed by atoms with van der Waals surface area (Å²) in [5.74, 6) is 0.0224. The Hall–Kier alpha value is -3.86. The van der Waals surface area contributed by atoms with Gasteiger partial charge in [0.15, 0.2) is 0 Å². The van der Waals surface area contributed by atoms with Crippen molar-refractivity contribution in [1.29, 1.82) is 0 Å². The Kier molecular flexibility index (Phi) is 7.20. The molecule has 3 aromatic carbocycles. The van der Waals surface area contributed by atoms with Gasteiger partial charge in [0.2, 0.25) is 11.8 Å². The summed E-state index contributed by atoms with van der Waals surface area (Å²) < 4.78 is 0. The number of piperazine rings is 1. The van der Waals surface area contributed by atoms with Crippen molar-refractivity contribution in [3.8, 4) is 0 Å². The van der Waals surface area contributed by atoms with E-state index in [1.807, 2.05) is 84.6 Å². The maximum absolute atomic E-state index is 12.7. The average molecular weight is 440 g/mol. The smallest absolute Gasteiger partial charge is 0.248 e. The monoisotopic (exact) mass is 439 g/mol. The summed E-state index contributed by atoms with van der Waals surface area (Å²) in [6, 6.07) is 25.7. The number of hydrogen-bond acceptors (Lipinski definition) is 3. The highest BCUT2D eigenvalue weighted by atomic mass is 16.2. The van der Waals surface area contributed by atoms with Crippen molar-refractivity contribution in [2.75, 3.05) is 36.4 Å². The molecule has 0 saturated carbocycles. The van der Waals surface area contributed by atoms with Gasteiger partial charge in [0.25, 0.3) is 0 Å². The zero-order valence-electron chi connectivity index (χ0n) is 18.9. The van der Waals surface area contributed by atoms with Crippen molar-refractivity contribution in [2.24, 2.45) is 0 Å². The molecular formula is C28H29N3O2. The van der Waals surface area contributed by atoms with E-state index in [1.54, 1.807) is 6.08 Å². The Morgan fingerprint density at radius 2 is 1.61 bits per heavy atom. The van der Waals surface area contributed by atoms with E-state index in [0.29, 0.717) is 19.5 Å². The first-order valence-corrected chi connectivity index (χ1v) is 11.3. The molecule has 1 aliphatic rings. The normalized spacial score (nSPS) is 13.8. The molecule has 0 unspecified atom stereocenters. The maximum Gasteiger partial charge on any atom is 0.248 e. The van der Waals surface area contributed by atoms with Gasteiger partial charge in [-0.2, -0.15) is 0 Å². The second-order valence-electron chi connectivity index (χ2n) is 8.31. The van der Waals surface area contributed by atoms with Crippen LogP contribution in [-0.4, -0.2) is 42.9 Å². The molecule has 33 heavy (non-hydrogen) atoms. The molecule has 2 amide bonds. The molecule has 1 fully saturated rings. The van der Waals surface area contributed by atoms with Crippen LogP contribution in [-0.2, 0) is 16.0 Å². The van der Waals surface area contributed by atoms with Crippen LogP contribution >= 0.6 is 0 Å². The van der Waals surface area contributed by atoms with Gasteiger partial charge in [0.1, 0.15) is 0 Å². The molecule has 1 N–H and O–H groups in total. The molecule has 1 aliphatic heterocycles. The van der Waals surface area contributed by atoms with Gasteiger partial charge < -0.3 is 15.1 Å². The molecule has 4 rings (SSSR count). The van der Waals surface area contributed by atoms with E-state index in [1.165, 1.54) is 11.6 Å². The van der Waals surface area contributed by atoms with Crippen molar-refractivity contribution < 1.29 is 9.59 Å². The number of carbonyl (C=O) groups excluding carboxylic acids is 2. The lowest BCUT2D eigenvalue weighted by molar-refractivity contribution is -0.130. The number of aryl methyl sites for hydroxylation is 1. The van der Waals surface area contributed by atoms with Crippen molar-refractivity contribution in [3.05, 3.63) is 102 Å². The largest absolute Gasteiger partial charge is 0.368 e. The Morgan fingerprint density at radius 3 is 2.30 bits per heavy atom. The van der Waals surface area contributed by atoms with Gasteiger partial charge in [-0.15, -0.1) is 0 Å². The predicted octanol–water partition coefficient (Wildman–Crippen LogP) is 4.54. The molecule has 0 spiro atoms. The molecule has 0 aromatic heterocycles. The van der Waals surface area contributed by atoms with E-state index in [-0.39, 0.29) is 11.8 Å². The van der Waals surface area contributed by atoms with Gasteiger partial charge in [-0.05, 0) is 48.4 Å². The topological polar surface area (TPSA) is 52.7 Å². The molecule has 5 nitrogen and oxygen atoms in total. The van der Waals surface area contributed by atoms with E-state index >= 15 is 0 Å². The Bertz CT molecular complexity index is 1120. The number of rotatable bonds is 6. The fourth-order valence-electron chi connectivity index (χ4n) is 4.00. The van der Waals surface area contributed by atoms with Gasteiger partial charge in [0, 0.05) is 43.6 Å². The second kappa shape index (κ2) is 10.6. The van der Waals surface area contributed by atoms with E-state index in [4.69, 9.17) is 0 Å². The maximum atomic E-state index is 12.7. The number of anilines is 2. The summed E-state index contributed by atoms with van der Waals surface area (Å²) in [6.45, 7) is 5.07. The highest BCUT2D eigenvalue weighted by Gasteiger charge is 2.21. The average Bonchev–Trinajstić information content (AvgIpc) is 2.84. The van der Waals surface area contributed by atoms with Crippen LogP contribution in [0, 0.1) is 6.92 Å². The van der Waals surface area contributed by atoms with Crippen molar-refractivity contribution >= 4 is 29.3 Å². The number of hydrogen-bond donors (Lipinski definition) is 1. The summed E-state index contributed by atoms with van der Waals surface area (Å²) in [7, 11) is 0. The summed E-state index contributed by atoms with van der Waals surface area (Å²) in [5.41, 5.74) is 5.09. The zero-order chi connectivity index (χ0) is 23.0. The third-order valence-corrected chi connectivity index (χ3v) is 5.80. The van der Waals surface area contributed by atoms with E-state index < -0.39 is 0 Å². The summed E-state index contributed by atoms with van der Waals surface area (Å²) in [5, 5.41) is 2.89.